The van der Waals surface area contributed by atoms with Gasteiger partial charge < -0.3 is 15.3 Å². The van der Waals surface area contributed by atoms with E-state index in [0.29, 0.717) is 5.41 Å². The molecular formula is C8H14N2O3. The number of rotatable bonds is 0. The summed E-state index contributed by atoms with van der Waals surface area (Å²) >= 11 is 0. The van der Waals surface area contributed by atoms with Crippen molar-refractivity contribution in [2.75, 3.05) is 26.2 Å². The Hall–Kier alpha value is -1.10. The molecule has 0 aromatic heterocycles. The van der Waals surface area contributed by atoms with E-state index in [4.69, 9.17) is 9.90 Å². The lowest BCUT2D eigenvalue weighted by Gasteiger charge is -2.55. The Morgan fingerprint density at radius 3 is 2.23 bits per heavy atom. The Bertz CT molecular complexity index is 205. The molecule has 0 bridgehead atoms. The first-order chi connectivity index (χ1) is 6.13. The van der Waals surface area contributed by atoms with E-state index in [9.17, 15) is 4.79 Å². The summed E-state index contributed by atoms with van der Waals surface area (Å²) in [5.41, 5.74) is 0.492. The lowest BCUT2D eigenvalue weighted by molar-refractivity contribution is -0.144. The van der Waals surface area contributed by atoms with E-state index in [-0.39, 0.29) is 12.4 Å². The molecule has 2 saturated heterocycles. The summed E-state index contributed by atoms with van der Waals surface area (Å²) in [5.74, 6) is 0.220. The molecule has 13 heavy (non-hydrogen) atoms. The maximum absolute atomic E-state index is 10.8. The molecule has 74 valence electrons. The maximum Gasteiger partial charge on any atom is 0.290 e. The van der Waals surface area contributed by atoms with Crippen molar-refractivity contribution in [1.29, 1.82) is 0 Å². The average Bonchev–Trinajstić information content (AvgIpc) is 1.80. The van der Waals surface area contributed by atoms with Crippen molar-refractivity contribution in [2.45, 2.75) is 6.92 Å². The SMILES string of the molecule is CC(=O)N1CC2(CNC2)C1.O=CO. The van der Waals surface area contributed by atoms with Crippen LogP contribution in [0, 0.1) is 5.41 Å². The molecule has 0 saturated carbocycles. The van der Waals surface area contributed by atoms with Gasteiger partial charge in [0.15, 0.2) is 0 Å². The number of hydrogen-bond acceptors (Lipinski definition) is 3. The van der Waals surface area contributed by atoms with E-state index in [1.807, 2.05) is 4.90 Å². The normalized spacial score (nSPS) is 22.1. The first-order valence-corrected chi connectivity index (χ1v) is 4.18. The lowest BCUT2D eigenvalue weighted by Crippen LogP contribution is -2.71. The predicted octanol–water partition coefficient (Wildman–Crippen LogP) is -0.861. The minimum Gasteiger partial charge on any atom is -0.483 e. The number of nitrogens with zero attached hydrogens (tertiary/aromatic N) is 1. The van der Waals surface area contributed by atoms with Crippen LogP contribution in [0.25, 0.3) is 0 Å². The molecule has 5 nitrogen and oxygen atoms in total. The van der Waals surface area contributed by atoms with Crippen LogP contribution in [0.3, 0.4) is 0 Å². The number of carboxylic acid groups (broad SMARTS) is 1. The van der Waals surface area contributed by atoms with Gasteiger partial charge in [0.25, 0.3) is 6.47 Å². The minimum absolute atomic E-state index is 0.220. The van der Waals surface area contributed by atoms with E-state index in [1.165, 1.54) is 0 Å². The summed E-state index contributed by atoms with van der Waals surface area (Å²) in [5, 5.41) is 10.1. The Kier molecular flexibility index (Phi) is 2.87. The van der Waals surface area contributed by atoms with Crippen LogP contribution in [-0.2, 0) is 9.59 Å². The molecule has 1 amide bonds. The molecule has 0 unspecified atom stereocenters. The van der Waals surface area contributed by atoms with Crippen molar-refractivity contribution in [3.05, 3.63) is 0 Å². The van der Waals surface area contributed by atoms with Crippen molar-refractivity contribution < 1.29 is 14.7 Å². The second-order valence-corrected chi connectivity index (χ2v) is 3.58. The largest absolute Gasteiger partial charge is 0.483 e. The van der Waals surface area contributed by atoms with Crippen LogP contribution in [0.15, 0.2) is 0 Å². The van der Waals surface area contributed by atoms with Crippen LogP contribution in [-0.4, -0.2) is 48.6 Å². The Balaban J connectivity index is 0.000000251. The van der Waals surface area contributed by atoms with Crippen LogP contribution in [0.2, 0.25) is 0 Å². The minimum atomic E-state index is -0.250. The number of carbonyl (C=O) groups is 2. The fourth-order valence-corrected chi connectivity index (χ4v) is 1.69. The van der Waals surface area contributed by atoms with Gasteiger partial charge in [0.1, 0.15) is 0 Å². The molecule has 0 aromatic carbocycles. The van der Waals surface area contributed by atoms with Gasteiger partial charge in [-0.3, -0.25) is 9.59 Å². The highest BCUT2D eigenvalue weighted by molar-refractivity contribution is 5.74. The molecule has 2 heterocycles. The van der Waals surface area contributed by atoms with Crippen molar-refractivity contribution in [2.24, 2.45) is 5.41 Å². The topological polar surface area (TPSA) is 69.6 Å². The Morgan fingerprint density at radius 1 is 1.54 bits per heavy atom. The van der Waals surface area contributed by atoms with Crippen molar-refractivity contribution in [3.8, 4) is 0 Å². The van der Waals surface area contributed by atoms with Gasteiger partial charge in [-0.25, -0.2) is 0 Å². The zero-order chi connectivity index (χ0) is 9.90. The van der Waals surface area contributed by atoms with Gasteiger partial charge in [-0.15, -0.1) is 0 Å². The Morgan fingerprint density at radius 2 is 2.00 bits per heavy atom. The number of nitrogens with one attached hydrogen (secondary N) is 1. The number of carbonyl (C=O) groups excluding carboxylic acids is 1. The molecule has 0 atom stereocenters. The average molecular weight is 186 g/mol. The molecular weight excluding hydrogens is 172 g/mol. The van der Waals surface area contributed by atoms with Crippen LogP contribution in [0.4, 0.5) is 0 Å². The Labute approximate surface area is 76.7 Å². The summed E-state index contributed by atoms with van der Waals surface area (Å²) < 4.78 is 0. The van der Waals surface area contributed by atoms with Crippen molar-refractivity contribution >= 4 is 12.4 Å². The summed E-state index contributed by atoms with van der Waals surface area (Å²) in [6, 6.07) is 0. The maximum atomic E-state index is 10.8. The van der Waals surface area contributed by atoms with Crippen LogP contribution in [0.1, 0.15) is 6.92 Å². The molecule has 5 heteroatoms. The number of amides is 1. The molecule has 2 aliphatic heterocycles. The predicted molar refractivity (Wildman–Crippen MR) is 46.2 cm³/mol. The van der Waals surface area contributed by atoms with E-state index in [0.717, 1.165) is 26.2 Å². The molecule has 2 rings (SSSR count). The van der Waals surface area contributed by atoms with Gasteiger partial charge in [0.2, 0.25) is 5.91 Å². The summed E-state index contributed by atoms with van der Waals surface area (Å²) in [6.07, 6.45) is 0. The molecule has 0 aromatic rings. The molecule has 0 radical (unpaired) electrons. The quantitative estimate of drug-likeness (QED) is 0.483. The molecule has 2 aliphatic rings. The van der Waals surface area contributed by atoms with Gasteiger partial charge in [-0.2, -0.15) is 0 Å². The van der Waals surface area contributed by atoms with Crippen molar-refractivity contribution in [1.82, 2.24) is 10.2 Å². The van der Waals surface area contributed by atoms with Gasteiger partial charge in [0.05, 0.1) is 0 Å². The van der Waals surface area contributed by atoms with E-state index in [2.05, 4.69) is 5.32 Å². The second kappa shape index (κ2) is 3.74. The van der Waals surface area contributed by atoms with Crippen molar-refractivity contribution in [3.63, 3.8) is 0 Å². The zero-order valence-electron chi connectivity index (χ0n) is 7.62. The fourth-order valence-electron chi connectivity index (χ4n) is 1.69. The molecule has 0 aliphatic carbocycles. The van der Waals surface area contributed by atoms with Crippen LogP contribution >= 0.6 is 0 Å². The highest BCUT2D eigenvalue weighted by Gasteiger charge is 2.48. The van der Waals surface area contributed by atoms with Gasteiger partial charge >= 0.3 is 0 Å². The smallest absolute Gasteiger partial charge is 0.290 e. The summed E-state index contributed by atoms with van der Waals surface area (Å²) in [7, 11) is 0. The first kappa shape index (κ1) is 9.98. The fraction of sp³-hybridized carbons (Fsp3) is 0.750. The third-order valence-corrected chi connectivity index (χ3v) is 2.50. The van der Waals surface area contributed by atoms with Gasteiger partial charge in [-0.1, -0.05) is 0 Å². The third-order valence-electron chi connectivity index (χ3n) is 2.50. The van der Waals surface area contributed by atoms with Crippen LogP contribution in [0.5, 0.6) is 0 Å². The lowest BCUT2D eigenvalue weighted by atomic mass is 9.74. The number of likely N-dealkylation sites (tertiary alicyclic amines) is 1. The molecule has 1 spiro atoms. The summed E-state index contributed by atoms with van der Waals surface area (Å²) in [4.78, 5) is 21.0. The standard InChI is InChI=1S/C7H12N2O.CH2O2/c1-6(10)9-4-7(5-9)2-8-3-7;2-1-3/h8H,2-5H2,1H3;1H,(H,2,3). The third kappa shape index (κ3) is 1.98. The molecule has 2 N–H and O–H groups in total. The highest BCUT2D eigenvalue weighted by Crippen LogP contribution is 2.33. The molecule has 2 fully saturated rings. The van der Waals surface area contributed by atoms with E-state index < -0.39 is 0 Å². The van der Waals surface area contributed by atoms with E-state index in [1.54, 1.807) is 6.92 Å². The van der Waals surface area contributed by atoms with Gasteiger partial charge in [0, 0.05) is 38.5 Å². The van der Waals surface area contributed by atoms with E-state index >= 15 is 0 Å². The number of hydrogen-bond donors (Lipinski definition) is 2. The summed E-state index contributed by atoms with van der Waals surface area (Å²) in [6.45, 7) is 5.57. The van der Waals surface area contributed by atoms with Crippen LogP contribution < -0.4 is 5.32 Å². The second-order valence-electron chi connectivity index (χ2n) is 3.58. The monoisotopic (exact) mass is 186 g/mol. The highest BCUT2D eigenvalue weighted by atomic mass is 16.3. The first-order valence-electron chi connectivity index (χ1n) is 4.18. The zero-order valence-corrected chi connectivity index (χ0v) is 7.62. The van der Waals surface area contributed by atoms with Gasteiger partial charge in [-0.05, 0) is 0 Å².